The summed E-state index contributed by atoms with van der Waals surface area (Å²) in [7, 11) is 0. The fourth-order valence-corrected chi connectivity index (χ4v) is 4.57. The number of aliphatic carboxylic acids is 2. The lowest BCUT2D eigenvalue weighted by atomic mass is 9.93. The lowest BCUT2D eigenvalue weighted by Gasteiger charge is -2.11. The Kier molecular flexibility index (Phi) is 31.5. The predicted octanol–water partition coefficient (Wildman–Crippen LogP) is 12.4. The third kappa shape index (κ3) is 29.1. The highest BCUT2D eigenvalue weighted by Crippen LogP contribution is 2.19. The summed E-state index contributed by atoms with van der Waals surface area (Å²) in [6.07, 6.45) is 56.0. The second-order valence-corrected chi connectivity index (χ2v) is 11.4. The van der Waals surface area contributed by atoms with Crippen LogP contribution in [0.2, 0.25) is 0 Å². The number of carboxylic acids is 2. The minimum atomic E-state index is -1.21. The smallest absolute Gasteiger partial charge is 0.332 e. The van der Waals surface area contributed by atoms with Crippen LogP contribution in [-0.2, 0) is 9.59 Å². The second kappa shape index (κ2) is 34.2. The van der Waals surface area contributed by atoms with Gasteiger partial charge in [0.1, 0.15) is 0 Å². The van der Waals surface area contributed by atoms with E-state index in [1.165, 1.54) is 70.3 Å². The van der Waals surface area contributed by atoms with Crippen molar-refractivity contribution in [2.24, 2.45) is 5.92 Å². The molecule has 0 rings (SSSR count). The van der Waals surface area contributed by atoms with Crippen LogP contribution in [0.5, 0.6) is 0 Å². The molecule has 0 aromatic rings. The molecule has 4 nitrogen and oxygen atoms in total. The molecule has 2 N–H and O–H groups in total. The molecule has 0 spiro atoms. The van der Waals surface area contributed by atoms with Crippen molar-refractivity contribution in [3.63, 3.8) is 0 Å². The molecule has 0 aliphatic heterocycles. The van der Waals surface area contributed by atoms with Gasteiger partial charge in [0.25, 0.3) is 0 Å². The summed E-state index contributed by atoms with van der Waals surface area (Å²) in [5.74, 6) is -3.40. The van der Waals surface area contributed by atoms with Crippen molar-refractivity contribution >= 4 is 11.9 Å². The van der Waals surface area contributed by atoms with Gasteiger partial charge in [0.05, 0.1) is 11.5 Å². The van der Waals surface area contributed by atoms with Gasteiger partial charge in [-0.1, -0.05) is 181 Å². The van der Waals surface area contributed by atoms with Gasteiger partial charge in [-0.15, -0.1) is 0 Å². The van der Waals surface area contributed by atoms with E-state index in [1.807, 2.05) is 42.5 Å². The zero-order valence-electron chi connectivity index (χ0n) is 28.8. The van der Waals surface area contributed by atoms with Crippen molar-refractivity contribution in [2.75, 3.05) is 0 Å². The van der Waals surface area contributed by atoms with Gasteiger partial charge in [-0.25, -0.2) is 4.79 Å². The average Bonchev–Trinajstić information content (AvgIpc) is 3.04. The van der Waals surface area contributed by atoms with Crippen LogP contribution >= 0.6 is 0 Å². The lowest BCUT2D eigenvalue weighted by Crippen LogP contribution is -2.21. The second-order valence-electron chi connectivity index (χ2n) is 11.4. The molecule has 0 aliphatic carbocycles. The first-order valence-corrected chi connectivity index (χ1v) is 17.6. The minimum Gasteiger partial charge on any atom is -0.481 e. The first-order valence-electron chi connectivity index (χ1n) is 17.6. The SMILES string of the molecule is CCCCC/C=C\C/C=C\C/C=C\C/C=C\CCC(C(=O)O)/C(=C/C=C/C=C/C=C/C=C/C=C/CCCCCCCCC)C(=O)O. The van der Waals surface area contributed by atoms with E-state index in [1.54, 1.807) is 18.2 Å². The molecule has 1 atom stereocenters. The fourth-order valence-electron chi connectivity index (χ4n) is 4.57. The highest BCUT2D eigenvalue weighted by molar-refractivity contribution is 5.94. The van der Waals surface area contributed by atoms with Crippen molar-refractivity contribution in [3.8, 4) is 0 Å². The summed E-state index contributed by atoms with van der Waals surface area (Å²) in [5, 5.41) is 19.3. The van der Waals surface area contributed by atoms with Crippen molar-refractivity contribution in [1.29, 1.82) is 0 Å². The predicted molar refractivity (Wildman–Crippen MR) is 199 cm³/mol. The summed E-state index contributed by atoms with van der Waals surface area (Å²) >= 11 is 0. The van der Waals surface area contributed by atoms with E-state index in [4.69, 9.17) is 0 Å². The van der Waals surface area contributed by atoms with Crippen LogP contribution < -0.4 is 0 Å². The Morgan fingerprint density at radius 3 is 1.43 bits per heavy atom. The standard InChI is InChI=1S/C42H62O4/c1-3-5-7-9-11-13-15-17-19-21-22-24-26-28-30-32-34-36-38-40(42(45)46)39(41(43)44)37-35-33-31-29-27-25-23-20-18-16-14-12-10-8-6-4-2/h12,14,18-22,24-28,30-34,36,38-39H,3-11,13,15-17,23,29,35,37H2,1-2H3,(H,43,44)(H,45,46)/b14-12-,20-18-,21-19+,24-22+,27-25-,28-26+,32-30+,33-31-,36-34+,40-38-. The maximum Gasteiger partial charge on any atom is 0.332 e. The molecule has 1 unspecified atom stereocenters. The van der Waals surface area contributed by atoms with Gasteiger partial charge in [-0.3, -0.25) is 4.79 Å². The number of carboxylic acid groups (broad SMARTS) is 2. The third-order valence-electron chi connectivity index (χ3n) is 7.28. The maximum atomic E-state index is 11.8. The Labute approximate surface area is 281 Å². The summed E-state index contributed by atoms with van der Waals surface area (Å²) in [5.41, 5.74) is -0.116. The quantitative estimate of drug-likeness (QED) is 0.0373. The van der Waals surface area contributed by atoms with Crippen LogP contribution in [0.15, 0.2) is 121 Å². The normalized spacial score (nSPS) is 14.1. The summed E-state index contributed by atoms with van der Waals surface area (Å²) in [4.78, 5) is 23.6. The van der Waals surface area contributed by atoms with Crippen molar-refractivity contribution in [3.05, 3.63) is 121 Å². The van der Waals surface area contributed by atoms with Crippen LogP contribution in [0.1, 0.15) is 123 Å². The van der Waals surface area contributed by atoms with E-state index in [0.29, 0.717) is 6.42 Å². The molecule has 0 radical (unpaired) electrons. The number of allylic oxidation sites excluding steroid dienone is 19. The van der Waals surface area contributed by atoms with E-state index in [0.717, 1.165) is 32.1 Å². The minimum absolute atomic E-state index is 0.116. The fraction of sp³-hybridized carbons (Fsp3) is 0.476. The molecular weight excluding hydrogens is 568 g/mol. The number of unbranched alkanes of at least 4 members (excludes halogenated alkanes) is 10. The van der Waals surface area contributed by atoms with Crippen molar-refractivity contribution in [1.82, 2.24) is 0 Å². The van der Waals surface area contributed by atoms with Crippen LogP contribution in [0.4, 0.5) is 0 Å². The third-order valence-corrected chi connectivity index (χ3v) is 7.28. The van der Waals surface area contributed by atoms with Crippen molar-refractivity contribution < 1.29 is 19.8 Å². The summed E-state index contributed by atoms with van der Waals surface area (Å²) in [6.45, 7) is 4.46. The monoisotopic (exact) mass is 630 g/mol. The van der Waals surface area contributed by atoms with Gasteiger partial charge in [-0.05, 0) is 57.8 Å². The van der Waals surface area contributed by atoms with Crippen LogP contribution in [-0.4, -0.2) is 22.2 Å². The summed E-state index contributed by atoms with van der Waals surface area (Å²) < 4.78 is 0. The number of hydrogen-bond acceptors (Lipinski definition) is 2. The zero-order valence-corrected chi connectivity index (χ0v) is 28.8. The molecule has 0 heterocycles. The van der Waals surface area contributed by atoms with E-state index in [-0.39, 0.29) is 12.0 Å². The molecule has 0 aromatic heterocycles. The lowest BCUT2D eigenvalue weighted by molar-refractivity contribution is -0.144. The van der Waals surface area contributed by atoms with Crippen LogP contribution in [0.25, 0.3) is 0 Å². The Morgan fingerprint density at radius 2 is 0.891 bits per heavy atom. The maximum absolute atomic E-state index is 11.8. The summed E-state index contributed by atoms with van der Waals surface area (Å²) in [6, 6.07) is 0. The molecule has 0 bridgehead atoms. The van der Waals surface area contributed by atoms with Crippen LogP contribution in [0.3, 0.4) is 0 Å². The number of rotatable bonds is 29. The molecule has 0 aliphatic rings. The van der Waals surface area contributed by atoms with E-state index < -0.39 is 17.9 Å². The molecule has 254 valence electrons. The van der Waals surface area contributed by atoms with E-state index in [9.17, 15) is 19.8 Å². The topological polar surface area (TPSA) is 74.6 Å². The first-order chi connectivity index (χ1) is 22.5. The molecule has 0 amide bonds. The molecule has 0 saturated carbocycles. The number of carbonyl (C=O) groups is 2. The van der Waals surface area contributed by atoms with Gasteiger partial charge < -0.3 is 10.2 Å². The average molecular weight is 631 g/mol. The largest absolute Gasteiger partial charge is 0.481 e. The van der Waals surface area contributed by atoms with E-state index in [2.05, 4.69) is 62.5 Å². The highest BCUT2D eigenvalue weighted by Gasteiger charge is 2.26. The van der Waals surface area contributed by atoms with Gasteiger partial charge in [0.2, 0.25) is 0 Å². The van der Waals surface area contributed by atoms with E-state index >= 15 is 0 Å². The molecule has 46 heavy (non-hydrogen) atoms. The van der Waals surface area contributed by atoms with Gasteiger partial charge in [-0.2, -0.15) is 0 Å². The van der Waals surface area contributed by atoms with Gasteiger partial charge in [0, 0.05) is 0 Å². The van der Waals surface area contributed by atoms with Gasteiger partial charge >= 0.3 is 11.9 Å². The molecule has 4 heteroatoms. The Morgan fingerprint density at radius 1 is 0.478 bits per heavy atom. The first kappa shape index (κ1) is 42.3. The Hall–Kier alpha value is -3.66. The molecule has 0 fully saturated rings. The number of hydrogen-bond donors (Lipinski definition) is 2. The van der Waals surface area contributed by atoms with Crippen molar-refractivity contribution in [2.45, 2.75) is 123 Å². The Balaban J connectivity index is 4.42. The van der Waals surface area contributed by atoms with Gasteiger partial charge in [0.15, 0.2) is 0 Å². The highest BCUT2D eigenvalue weighted by atomic mass is 16.4. The Bertz CT molecular complexity index is 1060. The molecular formula is C42H62O4. The van der Waals surface area contributed by atoms with Crippen LogP contribution in [0, 0.1) is 5.92 Å². The molecule has 0 aromatic carbocycles. The zero-order chi connectivity index (χ0) is 33.8. The molecule has 0 saturated heterocycles.